The SMILES string of the molecule is CC(CCCC(C)[C@H]1CC[C@H]2[C@@H]3CC=C4C[C@@H](O)CC[C@]4(C)[C@H]3CC[C@]12C)Cc1ncc[nH]1. The summed E-state index contributed by atoms with van der Waals surface area (Å²) in [5, 5.41) is 10.3. The maximum absolute atomic E-state index is 10.3. The van der Waals surface area contributed by atoms with Crippen molar-refractivity contribution >= 4 is 0 Å². The molecule has 4 aliphatic rings. The van der Waals surface area contributed by atoms with Crippen molar-refractivity contribution in [2.24, 2.45) is 46.3 Å². The van der Waals surface area contributed by atoms with Crippen LogP contribution in [0.1, 0.15) is 104 Å². The molecule has 0 saturated heterocycles. The zero-order chi connectivity index (χ0) is 23.2. The topological polar surface area (TPSA) is 48.9 Å². The second-order valence-corrected chi connectivity index (χ2v) is 13.1. The van der Waals surface area contributed by atoms with Gasteiger partial charge in [-0.3, -0.25) is 0 Å². The minimum absolute atomic E-state index is 0.0896. The molecule has 0 bridgehead atoms. The smallest absolute Gasteiger partial charge is 0.106 e. The van der Waals surface area contributed by atoms with Crippen molar-refractivity contribution in [1.29, 1.82) is 0 Å². The number of nitrogens with one attached hydrogen (secondary N) is 1. The second kappa shape index (κ2) is 9.17. The molecule has 0 radical (unpaired) electrons. The maximum atomic E-state index is 10.3. The molecule has 3 heteroatoms. The van der Waals surface area contributed by atoms with Gasteiger partial charge in [0.15, 0.2) is 0 Å². The van der Waals surface area contributed by atoms with Gasteiger partial charge < -0.3 is 10.1 Å². The summed E-state index contributed by atoms with van der Waals surface area (Å²) in [5.41, 5.74) is 2.53. The highest BCUT2D eigenvalue weighted by atomic mass is 16.3. The molecule has 184 valence electrons. The van der Waals surface area contributed by atoms with Crippen LogP contribution in [0.25, 0.3) is 0 Å². The predicted molar refractivity (Wildman–Crippen MR) is 136 cm³/mol. The third kappa shape index (κ3) is 4.26. The van der Waals surface area contributed by atoms with Crippen molar-refractivity contribution < 1.29 is 5.11 Å². The van der Waals surface area contributed by atoms with Gasteiger partial charge >= 0.3 is 0 Å². The number of aliphatic hydroxyl groups excluding tert-OH is 1. The quantitative estimate of drug-likeness (QED) is 0.425. The first-order chi connectivity index (χ1) is 15.8. The first-order valence-corrected chi connectivity index (χ1v) is 14.2. The lowest BCUT2D eigenvalue weighted by atomic mass is 9.47. The summed E-state index contributed by atoms with van der Waals surface area (Å²) in [5.74, 6) is 6.28. The zero-order valence-electron chi connectivity index (χ0n) is 21.7. The van der Waals surface area contributed by atoms with Gasteiger partial charge in [-0.25, -0.2) is 4.98 Å². The molecule has 0 spiro atoms. The highest BCUT2D eigenvalue weighted by Crippen LogP contribution is 2.67. The minimum atomic E-state index is -0.0896. The first kappa shape index (κ1) is 23.6. The number of rotatable bonds is 7. The summed E-state index contributed by atoms with van der Waals surface area (Å²) in [6.07, 6.45) is 21.7. The number of imidazole rings is 1. The Labute approximate surface area is 202 Å². The number of fused-ring (bicyclic) bond motifs is 5. The van der Waals surface area contributed by atoms with Crippen LogP contribution in [0.5, 0.6) is 0 Å². The molecule has 3 nitrogen and oxygen atoms in total. The Morgan fingerprint density at radius 3 is 2.73 bits per heavy atom. The van der Waals surface area contributed by atoms with E-state index < -0.39 is 0 Å². The molecule has 4 aliphatic carbocycles. The lowest BCUT2D eigenvalue weighted by Crippen LogP contribution is -2.50. The molecule has 2 unspecified atom stereocenters. The molecule has 0 amide bonds. The van der Waals surface area contributed by atoms with E-state index in [0.29, 0.717) is 16.7 Å². The number of aromatic amines is 1. The summed E-state index contributed by atoms with van der Waals surface area (Å²) < 4.78 is 0. The van der Waals surface area contributed by atoms with Crippen molar-refractivity contribution in [3.63, 3.8) is 0 Å². The third-order valence-electron chi connectivity index (χ3n) is 11.3. The fourth-order valence-electron chi connectivity index (χ4n) is 9.45. The summed E-state index contributed by atoms with van der Waals surface area (Å²) in [7, 11) is 0. The van der Waals surface area contributed by atoms with Crippen molar-refractivity contribution in [1.82, 2.24) is 9.97 Å². The molecular formula is C30H48N2O. The monoisotopic (exact) mass is 452 g/mol. The van der Waals surface area contributed by atoms with Crippen LogP contribution in [0.4, 0.5) is 0 Å². The van der Waals surface area contributed by atoms with Gasteiger partial charge in [-0.05, 0) is 97.7 Å². The second-order valence-electron chi connectivity index (χ2n) is 13.1. The Morgan fingerprint density at radius 1 is 1.09 bits per heavy atom. The Bertz CT molecular complexity index is 830. The number of nitrogens with zero attached hydrogens (tertiary/aromatic N) is 1. The number of aromatic nitrogens is 2. The van der Waals surface area contributed by atoms with Gasteiger partial charge in [0, 0.05) is 18.8 Å². The molecule has 3 fully saturated rings. The number of hydrogen-bond donors (Lipinski definition) is 2. The van der Waals surface area contributed by atoms with E-state index in [4.69, 9.17) is 0 Å². The zero-order valence-corrected chi connectivity index (χ0v) is 21.7. The maximum Gasteiger partial charge on any atom is 0.106 e. The number of H-pyrrole nitrogens is 1. The molecule has 0 aromatic carbocycles. The predicted octanol–water partition coefficient (Wildman–Crippen LogP) is 7.33. The molecule has 9 atom stereocenters. The van der Waals surface area contributed by atoms with Crippen LogP contribution in [0, 0.1) is 46.3 Å². The average Bonchev–Trinajstić information content (AvgIpc) is 3.41. The van der Waals surface area contributed by atoms with E-state index in [0.717, 1.165) is 54.7 Å². The Balaban J connectivity index is 1.20. The summed E-state index contributed by atoms with van der Waals surface area (Å²) in [6.45, 7) is 10.2. The standard InChI is InChI=1S/C30H48N2O/c1-20(18-28-31-16-17-32-28)6-5-7-21(2)25-10-11-26-24-9-8-22-19-23(33)12-14-29(22,3)27(24)13-15-30(25,26)4/h8,16-17,20-21,23-27,33H,5-7,9-15,18-19H2,1-4H3,(H,31,32)/t20?,21?,23-,24-,25+,26-,27-,29-,30+/m0/s1. The average molecular weight is 453 g/mol. The highest BCUT2D eigenvalue weighted by Gasteiger charge is 2.59. The normalized spacial score (nSPS) is 42.1. The van der Waals surface area contributed by atoms with E-state index >= 15 is 0 Å². The highest BCUT2D eigenvalue weighted by molar-refractivity contribution is 5.25. The Morgan fingerprint density at radius 2 is 1.94 bits per heavy atom. The fraction of sp³-hybridized carbons (Fsp3) is 0.833. The van der Waals surface area contributed by atoms with Crippen molar-refractivity contribution in [3.05, 3.63) is 29.9 Å². The van der Waals surface area contributed by atoms with Gasteiger partial charge in [0.1, 0.15) is 5.82 Å². The van der Waals surface area contributed by atoms with E-state index in [1.165, 1.54) is 57.8 Å². The summed E-state index contributed by atoms with van der Waals surface area (Å²) in [6, 6.07) is 0. The molecule has 1 heterocycles. The van der Waals surface area contributed by atoms with Crippen LogP contribution in [-0.2, 0) is 6.42 Å². The summed E-state index contributed by atoms with van der Waals surface area (Å²) >= 11 is 0. The number of aliphatic hydroxyl groups is 1. The van der Waals surface area contributed by atoms with E-state index in [1.807, 2.05) is 12.4 Å². The lowest BCUT2D eigenvalue weighted by Gasteiger charge is -2.58. The van der Waals surface area contributed by atoms with Crippen LogP contribution in [-0.4, -0.2) is 21.2 Å². The van der Waals surface area contributed by atoms with Crippen LogP contribution in [0.2, 0.25) is 0 Å². The molecular weight excluding hydrogens is 404 g/mol. The molecule has 2 N–H and O–H groups in total. The van der Waals surface area contributed by atoms with E-state index in [1.54, 1.807) is 5.57 Å². The molecule has 33 heavy (non-hydrogen) atoms. The molecule has 0 aliphatic heterocycles. The van der Waals surface area contributed by atoms with Crippen LogP contribution < -0.4 is 0 Å². The van der Waals surface area contributed by atoms with Crippen molar-refractivity contribution in [2.45, 2.75) is 111 Å². The number of hydrogen-bond acceptors (Lipinski definition) is 2. The van der Waals surface area contributed by atoms with E-state index in [2.05, 4.69) is 43.7 Å². The molecule has 1 aromatic rings. The van der Waals surface area contributed by atoms with Gasteiger partial charge in [-0.2, -0.15) is 0 Å². The minimum Gasteiger partial charge on any atom is -0.393 e. The van der Waals surface area contributed by atoms with Crippen molar-refractivity contribution in [2.75, 3.05) is 0 Å². The van der Waals surface area contributed by atoms with Gasteiger partial charge in [0.25, 0.3) is 0 Å². The molecule has 3 saturated carbocycles. The fourth-order valence-corrected chi connectivity index (χ4v) is 9.45. The largest absolute Gasteiger partial charge is 0.393 e. The van der Waals surface area contributed by atoms with Crippen LogP contribution in [0.3, 0.4) is 0 Å². The van der Waals surface area contributed by atoms with E-state index in [-0.39, 0.29) is 6.10 Å². The summed E-state index contributed by atoms with van der Waals surface area (Å²) in [4.78, 5) is 7.68. The van der Waals surface area contributed by atoms with Crippen molar-refractivity contribution in [3.8, 4) is 0 Å². The van der Waals surface area contributed by atoms with Gasteiger partial charge in [0.05, 0.1) is 6.10 Å². The Kier molecular flexibility index (Phi) is 6.57. The van der Waals surface area contributed by atoms with Gasteiger partial charge in [-0.1, -0.05) is 58.6 Å². The molecule has 1 aromatic heterocycles. The first-order valence-electron chi connectivity index (χ1n) is 14.2. The Hall–Kier alpha value is -1.09. The van der Waals surface area contributed by atoms with Crippen LogP contribution in [0.15, 0.2) is 24.0 Å². The van der Waals surface area contributed by atoms with Gasteiger partial charge in [0.2, 0.25) is 0 Å². The van der Waals surface area contributed by atoms with E-state index in [9.17, 15) is 5.11 Å². The van der Waals surface area contributed by atoms with Crippen LogP contribution >= 0.6 is 0 Å². The lowest BCUT2D eigenvalue weighted by molar-refractivity contribution is -0.0573. The number of allylic oxidation sites excluding steroid dienone is 1. The van der Waals surface area contributed by atoms with Gasteiger partial charge in [-0.15, -0.1) is 0 Å². The molecule has 5 rings (SSSR count). The third-order valence-corrected chi connectivity index (χ3v) is 11.3.